The van der Waals surface area contributed by atoms with Gasteiger partial charge in [-0.3, -0.25) is 4.79 Å². The van der Waals surface area contributed by atoms with E-state index < -0.39 is 0 Å². The van der Waals surface area contributed by atoms with Crippen molar-refractivity contribution in [3.8, 4) is 0 Å². The zero-order chi connectivity index (χ0) is 13.1. The Morgan fingerprint density at radius 3 is 3.00 bits per heavy atom. The van der Waals surface area contributed by atoms with Crippen molar-refractivity contribution in [2.45, 2.75) is 25.9 Å². The minimum absolute atomic E-state index is 0.0400. The van der Waals surface area contributed by atoms with E-state index in [1.807, 2.05) is 11.9 Å². The number of aryl methyl sites for hydroxylation is 1. The van der Waals surface area contributed by atoms with Crippen LogP contribution in [0.5, 0.6) is 0 Å². The fourth-order valence-corrected chi connectivity index (χ4v) is 2.29. The van der Waals surface area contributed by atoms with Crippen molar-refractivity contribution in [3.05, 3.63) is 18.0 Å². The van der Waals surface area contributed by atoms with E-state index >= 15 is 0 Å². The summed E-state index contributed by atoms with van der Waals surface area (Å²) in [6.07, 6.45) is 3.73. The first kappa shape index (κ1) is 13.0. The van der Waals surface area contributed by atoms with E-state index in [4.69, 9.17) is 10.5 Å². The molecule has 0 spiro atoms. The van der Waals surface area contributed by atoms with Crippen molar-refractivity contribution in [1.82, 2.24) is 9.47 Å². The van der Waals surface area contributed by atoms with Crippen molar-refractivity contribution < 1.29 is 9.53 Å². The van der Waals surface area contributed by atoms with Crippen LogP contribution in [0.4, 0.5) is 5.69 Å². The lowest BCUT2D eigenvalue weighted by atomic mass is 10.2. The van der Waals surface area contributed by atoms with E-state index in [2.05, 4.69) is 6.92 Å². The molecule has 100 valence electrons. The van der Waals surface area contributed by atoms with Crippen LogP contribution in [0.1, 0.15) is 30.3 Å². The molecular formula is C13H21N3O2. The lowest BCUT2D eigenvalue weighted by Crippen LogP contribution is -2.37. The Bertz CT molecular complexity index is 428. The first-order valence-corrected chi connectivity index (χ1v) is 6.44. The molecule has 0 aromatic carbocycles. The first-order valence-electron chi connectivity index (χ1n) is 6.44. The van der Waals surface area contributed by atoms with E-state index in [1.54, 1.807) is 16.8 Å². The number of ether oxygens (including phenoxy) is 1. The third-order valence-electron chi connectivity index (χ3n) is 3.34. The van der Waals surface area contributed by atoms with Gasteiger partial charge in [0.2, 0.25) is 0 Å². The summed E-state index contributed by atoms with van der Waals surface area (Å²) >= 11 is 0. The van der Waals surface area contributed by atoms with Crippen LogP contribution in [0, 0.1) is 0 Å². The molecule has 0 bridgehead atoms. The van der Waals surface area contributed by atoms with Crippen molar-refractivity contribution in [3.63, 3.8) is 0 Å². The van der Waals surface area contributed by atoms with Gasteiger partial charge in [0.15, 0.2) is 0 Å². The van der Waals surface area contributed by atoms with Crippen molar-refractivity contribution >= 4 is 11.6 Å². The molecule has 2 rings (SSSR count). The summed E-state index contributed by atoms with van der Waals surface area (Å²) < 4.78 is 7.46. The summed E-state index contributed by atoms with van der Waals surface area (Å²) in [6, 6.07) is 1.73. The molecule has 0 aliphatic carbocycles. The molecule has 2 N–H and O–H groups in total. The number of aromatic nitrogens is 1. The predicted molar refractivity (Wildman–Crippen MR) is 70.4 cm³/mol. The number of nitrogens with zero attached hydrogens (tertiary/aromatic N) is 2. The van der Waals surface area contributed by atoms with Gasteiger partial charge in [0.1, 0.15) is 5.69 Å². The van der Waals surface area contributed by atoms with E-state index in [0.717, 1.165) is 26.0 Å². The minimum Gasteiger partial charge on any atom is -0.397 e. The predicted octanol–water partition coefficient (Wildman–Crippen LogP) is 1.25. The van der Waals surface area contributed by atoms with Crippen LogP contribution >= 0.6 is 0 Å². The quantitative estimate of drug-likeness (QED) is 0.860. The molecular weight excluding hydrogens is 230 g/mol. The third kappa shape index (κ3) is 2.67. The maximum Gasteiger partial charge on any atom is 0.270 e. The summed E-state index contributed by atoms with van der Waals surface area (Å²) in [5.41, 5.74) is 6.98. The monoisotopic (exact) mass is 251 g/mol. The number of nitrogens with two attached hydrogens (primary N) is 1. The maximum atomic E-state index is 12.4. The second-order valence-corrected chi connectivity index (χ2v) is 4.78. The van der Waals surface area contributed by atoms with Crippen LogP contribution in [0.3, 0.4) is 0 Å². The molecule has 1 saturated heterocycles. The number of carbonyl (C=O) groups excluding carboxylic acids is 1. The van der Waals surface area contributed by atoms with Crippen LogP contribution in [-0.4, -0.2) is 41.2 Å². The van der Waals surface area contributed by atoms with Gasteiger partial charge in [-0.15, -0.1) is 0 Å². The highest BCUT2D eigenvalue weighted by Crippen LogP contribution is 2.15. The van der Waals surface area contributed by atoms with Crippen LogP contribution in [0.15, 0.2) is 12.3 Å². The van der Waals surface area contributed by atoms with E-state index in [0.29, 0.717) is 17.9 Å². The number of rotatable bonds is 2. The van der Waals surface area contributed by atoms with E-state index in [9.17, 15) is 4.79 Å². The highest BCUT2D eigenvalue weighted by molar-refractivity contribution is 5.93. The highest BCUT2D eigenvalue weighted by Gasteiger charge is 2.24. The second-order valence-electron chi connectivity index (χ2n) is 4.78. The molecule has 1 atom stereocenters. The zero-order valence-corrected chi connectivity index (χ0v) is 11.1. The Hall–Kier alpha value is -1.49. The summed E-state index contributed by atoms with van der Waals surface area (Å²) in [5, 5.41) is 0. The lowest BCUT2D eigenvalue weighted by molar-refractivity contribution is 0.0456. The fraction of sp³-hybridized carbons (Fsp3) is 0.615. The van der Waals surface area contributed by atoms with Gasteiger partial charge in [-0.1, -0.05) is 6.92 Å². The van der Waals surface area contributed by atoms with Crippen molar-refractivity contribution in [2.24, 2.45) is 7.05 Å². The van der Waals surface area contributed by atoms with Gasteiger partial charge >= 0.3 is 0 Å². The number of hydrogen-bond donors (Lipinski definition) is 1. The molecule has 2 heterocycles. The van der Waals surface area contributed by atoms with Gasteiger partial charge in [-0.25, -0.2) is 0 Å². The molecule has 18 heavy (non-hydrogen) atoms. The lowest BCUT2D eigenvalue weighted by Gasteiger charge is -2.23. The highest BCUT2D eigenvalue weighted by atomic mass is 16.5. The largest absolute Gasteiger partial charge is 0.397 e. The number of hydrogen-bond acceptors (Lipinski definition) is 3. The minimum atomic E-state index is 0.0400. The first-order chi connectivity index (χ1) is 8.61. The fourth-order valence-electron chi connectivity index (χ4n) is 2.29. The molecule has 1 aromatic heterocycles. The summed E-state index contributed by atoms with van der Waals surface area (Å²) in [7, 11) is 1.84. The standard InChI is InChI=1S/C13H21N3O2/c1-3-11-9-16(5-4-6-18-11)13(17)12-7-10(14)8-15(12)2/h7-8,11H,3-6,9,14H2,1-2H3. The molecule has 1 unspecified atom stereocenters. The third-order valence-corrected chi connectivity index (χ3v) is 3.34. The molecule has 1 fully saturated rings. The number of anilines is 1. The Morgan fingerprint density at radius 2 is 2.39 bits per heavy atom. The van der Waals surface area contributed by atoms with Gasteiger partial charge in [0, 0.05) is 32.9 Å². The van der Waals surface area contributed by atoms with E-state index in [1.165, 1.54) is 0 Å². The SMILES string of the molecule is CCC1CN(C(=O)c2cc(N)cn2C)CCCO1. The Balaban J connectivity index is 2.14. The average molecular weight is 251 g/mol. The van der Waals surface area contributed by atoms with Gasteiger partial charge in [0.05, 0.1) is 11.8 Å². The van der Waals surface area contributed by atoms with Crippen molar-refractivity contribution in [1.29, 1.82) is 0 Å². The van der Waals surface area contributed by atoms with Crippen LogP contribution in [0.2, 0.25) is 0 Å². The molecule has 5 heteroatoms. The van der Waals surface area contributed by atoms with Gasteiger partial charge in [-0.05, 0) is 18.9 Å². The molecule has 1 aliphatic rings. The molecule has 5 nitrogen and oxygen atoms in total. The number of carbonyl (C=O) groups is 1. The van der Waals surface area contributed by atoms with Crippen LogP contribution in [0.25, 0.3) is 0 Å². The summed E-state index contributed by atoms with van der Waals surface area (Å²) in [4.78, 5) is 14.3. The Kier molecular flexibility index (Phi) is 3.91. The van der Waals surface area contributed by atoms with Crippen LogP contribution in [-0.2, 0) is 11.8 Å². The van der Waals surface area contributed by atoms with Gasteiger partial charge in [0.25, 0.3) is 5.91 Å². The average Bonchev–Trinajstić information content (AvgIpc) is 2.57. The van der Waals surface area contributed by atoms with Gasteiger partial charge < -0.3 is 19.9 Å². The molecule has 0 saturated carbocycles. The number of nitrogen functional groups attached to an aromatic ring is 1. The Morgan fingerprint density at radius 1 is 1.61 bits per heavy atom. The van der Waals surface area contributed by atoms with Gasteiger partial charge in [-0.2, -0.15) is 0 Å². The molecule has 1 aromatic rings. The maximum absolute atomic E-state index is 12.4. The summed E-state index contributed by atoms with van der Waals surface area (Å²) in [6.45, 7) is 4.23. The topological polar surface area (TPSA) is 60.5 Å². The normalized spacial score (nSPS) is 20.8. The second kappa shape index (κ2) is 5.44. The zero-order valence-electron chi connectivity index (χ0n) is 11.1. The van der Waals surface area contributed by atoms with Crippen molar-refractivity contribution in [2.75, 3.05) is 25.4 Å². The smallest absolute Gasteiger partial charge is 0.270 e. The number of amides is 1. The Labute approximate surface area is 108 Å². The molecule has 1 amide bonds. The molecule has 1 aliphatic heterocycles. The molecule has 0 radical (unpaired) electrons. The summed E-state index contributed by atoms with van der Waals surface area (Å²) in [5.74, 6) is 0.0400. The van der Waals surface area contributed by atoms with Crippen LogP contribution < -0.4 is 5.73 Å². The van der Waals surface area contributed by atoms with E-state index in [-0.39, 0.29) is 12.0 Å².